The van der Waals surface area contributed by atoms with Crippen molar-refractivity contribution in [2.75, 3.05) is 0 Å². The second-order valence-electron chi connectivity index (χ2n) is 3.77. The zero-order valence-electron chi connectivity index (χ0n) is 9.12. The molecule has 5 heteroatoms. The van der Waals surface area contributed by atoms with Crippen molar-refractivity contribution in [2.24, 2.45) is 0 Å². The summed E-state index contributed by atoms with van der Waals surface area (Å²) >= 11 is 0. The van der Waals surface area contributed by atoms with E-state index in [0.29, 0.717) is 5.92 Å². The molecule has 5 nitrogen and oxygen atoms in total. The highest BCUT2D eigenvalue weighted by Gasteiger charge is 2.07. The molecule has 1 heterocycles. The molecule has 2 aromatic rings. The first-order chi connectivity index (χ1) is 7.72. The van der Waals surface area contributed by atoms with Crippen LogP contribution in [0.25, 0.3) is 5.69 Å². The Balaban J connectivity index is 2.39. The van der Waals surface area contributed by atoms with Crippen LogP contribution >= 0.6 is 0 Å². The molecule has 80 valence electrons. The van der Waals surface area contributed by atoms with Gasteiger partial charge >= 0.3 is 0 Å². The van der Waals surface area contributed by atoms with E-state index in [4.69, 9.17) is 5.26 Å². The molecule has 0 N–H and O–H groups in total. The number of benzene rings is 1. The van der Waals surface area contributed by atoms with Crippen LogP contribution in [-0.2, 0) is 0 Å². The van der Waals surface area contributed by atoms with Crippen LogP contribution in [0.1, 0.15) is 31.2 Å². The molecule has 1 aromatic heterocycles. The van der Waals surface area contributed by atoms with Gasteiger partial charge < -0.3 is 0 Å². The number of rotatable bonds is 2. The average molecular weight is 213 g/mol. The fraction of sp³-hybridized carbons (Fsp3) is 0.273. The van der Waals surface area contributed by atoms with Gasteiger partial charge in [0.2, 0.25) is 0 Å². The lowest BCUT2D eigenvalue weighted by Gasteiger charge is -2.06. The lowest BCUT2D eigenvalue weighted by atomic mass is 10.0. The summed E-state index contributed by atoms with van der Waals surface area (Å²) in [4.78, 5) is 0. The van der Waals surface area contributed by atoms with Gasteiger partial charge in [0.15, 0.2) is 0 Å². The largest absolute Gasteiger partial charge is 0.257 e. The quantitative estimate of drug-likeness (QED) is 0.760. The number of nitrogens with zero attached hydrogens (tertiary/aromatic N) is 5. The molecule has 0 saturated heterocycles. The van der Waals surface area contributed by atoms with Gasteiger partial charge in [0, 0.05) is 0 Å². The van der Waals surface area contributed by atoms with Crippen LogP contribution in [0, 0.1) is 11.3 Å². The summed E-state index contributed by atoms with van der Waals surface area (Å²) in [6.07, 6.45) is 0. The molecule has 0 unspecified atom stereocenters. The number of tetrazole rings is 1. The third-order valence-electron chi connectivity index (χ3n) is 2.37. The van der Waals surface area contributed by atoms with Crippen molar-refractivity contribution < 1.29 is 0 Å². The van der Waals surface area contributed by atoms with Gasteiger partial charge in [0.05, 0.1) is 5.69 Å². The Morgan fingerprint density at radius 2 is 1.94 bits per heavy atom. The molecule has 0 spiro atoms. The number of nitriles is 1. The topological polar surface area (TPSA) is 67.4 Å². The fourth-order valence-corrected chi connectivity index (χ4v) is 1.43. The van der Waals surface area contributed by atoms with Crippen molar-refractivity contribution in [2.45, 2.75) is 19.8 Å². The molecule has 0 radical (unpaired) electrons. The highest BCUT2D eigenvalue weighted by Crippen LogP contribution is 2.16. The van der Waals surface area contributed by atoms with Crippen molar-refractivity contribution >= 4 is 0 Å². The summed E-state index contributed by atoms with van der Waals surface area (Å²) in [6.45, 7) is 4.26. The highest BCUT2D eigenvalue weighted by atomic mass is 15.5. The summed E-state index contributed by atoms with van der Waals surface area (Å²) in [5, 5.41) is 19.6. The minimum absolute atomic E-state index is 0.192. The molecule has 0 aliphatic carbocycles. The molecule has 0 amide bonds. The third-order valence-corrected chi connectivity index (χ3v) is 2.37. The standard InChI is InChI=1S/C11H11N5/c1-8(2)9-3-5-10(6-4-9)16-11(7-12)13-14-15-16/h3-6,8H,1-2H3. The Morgan fingerprint density at radius 3 is 2.50 bits per heavy atom. The minimum atomic E-state index is 0.192. The Morgan fingerprint density at radius 1 is 1.25 bits per heavy atom. The predicted octanol–water partition coefficient (Wildman–Crippen LogP) is 1.66. The van der Waals surface area contributed by atoms with Gasteiger partial charge in [-0.05, 0) is 34.0 Å². The maximum absolute atomic E-state index is 8.80. The van der Waals surface area contributed by atoms with E-state index in [1.54, 1.807) is 0 Å². The highest BCUT2D eigenvalue weighted by molar-refractivity contribution is 5.36. The molecular weight excluding hydrogens is 202 g/mol. The Bertz CT molecular complexity index is 518. The first-order valence-electron chi connectivity index (χ1n) is 5.01. The summed E-state index contributed by atoms with van der Waals surface area (Å²) in [6, 6.07) is 9.79. The molecular formula is C11H11N5. The molecule has 16 heavy (non-hydrogen) atoms. The lowest BCUT2D eigenvalue weighted by Crippen LogP contribution is -2.00. The van der Waals surface area contributed by atoms with Crippen LogP contribution in [0.2, 0.25) is 0 Å². The van der Waals surface area contributed by atoms with Crippen molar-refractivity contribution in [1.82, 2.24) is 20.2 Å². The van der Waals surface area contributed by atoms with Crippen molar-refractivity contribution in [3.05, 3.63) is 35.7 Å². The summed E-state index contributed by atoms with van der Waals surface area (Å²) in [5.74, 6) is 0.677. The zero-order valence-corrected chi connectivity index (χ0v) is 9.12. The first kappa shape index (κ1) is 10.3. The van der Waals surface area contributed by atoms with Crippen LogP contribution < -0.4 is 0 Å². The number of aromatic nitrogens is 4. The SMILES string of the molecule is CC(C)c1ccc(-n2nnnc2C#N)cc1. The third kappa shape index (κ3) is 1.77. The van der Waals surface area contributed by atoms with Gasteiger partial charge in [-0.3, -0.25) is 0 Å². The van der Waals surface area contributed by atoms with E-state index < -0.39 is 0 Å². The molecule has 0 aliphatic rings. The molecule has 0 fully saturated rings. The Hall–Kier alpha value is -2.22. The van der Waals surface area contributed by atoms with Gasteiger partial charge in [0.1, 0.15) is 6.07 Å². The van der Waals surface area contributed by atoms with Gasteiger partial charge in [-0.1, -0.05) is 31.1 Å². The van der Waals surface area contributed by atoms with E-state index in [-0.39, 0.29) is 5.82 Å². The average Bonchev–Trinajstić information content (AvgIpc) is 2.77. The summed E-state index contributed by atoms with van der Waals surface area (Å²) in [7, 11) is 0. The van der Waals surface area contributed by atoms with E-state index in [1.165, 1.54) is 10.2 Å². The number of hydrogen-bond donors (Lipinski definition) is 0. The van der Waals surface area contributed by atoms with E-state index in [1.807, 2.05) is 30.3 Å². The van der Waals surface area contributed by atoms with Crippen LogP contribution in [0.5, 0.6) is 0 Å². The normalized spacial score (nSPS) is 10.4. The molecule has 0 atom stereocenters. The van der Waals surface area contributed by atoms with E-state index in [9.17, 15) is 0 Å². The lowest BCUT2D eigenvalue weighted by molar-refractivity contribution is 0.783. The second kappa shape index (κ2) is 4.11. The van der Waals surface area contributed by atoms with E-state index >= 15 is 0 Å². The Labute approximate surface area is 93.3 Å². The monoisotopic (exact) mass is 213 g/mol. The molecule has 1 aromatic carbocycles. The predicted molar refractivity (Wildman–Crippen MR) is 58.0 cm³/mol. The van der Waals surface area contributed by atoms with Crippen molar-refractivity contribution in [1.29, 1.82) is 5.26 Å². The van der Waals surface area contributed by atoms with Crippen LogP contribution in [0.3, 0.4) is 0 Å². The van der Waals surface area contributed by atoms with E-state index in [2.05, 4.69) is 29.4 Å². The minimum Gasteiger partial charge on any atom is -0.189 e. The van der Waals surface area contributed by atoms with Crippen LogP contribution in [-0.4, -0.2) is 20.2 Å². The Kier molecular flexibility index (Phi) is 2.64. The van der Waals surface area contributed by atoms with Gasteiger partial charge in [-0.2, -0.15) is 9.94 Å². The van der Waals surface area contributed by atoms with Gasteiger partial charge in [-0.25, -0.2) is 0 Å². The molecule has 0 saturated carbocycles. The molecule has 2 rings (SSSR count). The maximum atomic E-state index is 8.80. The van der Waals surface area contributed by atoms with Crippen LogP contribution in [0.15, 0.2) is 24.3 Å². The van der Waals surface area contributed by atoms with E-state index in [0.717, 1.165) is 5.69 Å². The van der Waals surface area contributed by atoms with Gasteiger partial charge in [0.25, 0.3) is 5.82 Å². The second-order valence-corrected chi connectivity index (χ2v) is 3.77. The summed E-state index contributed by atoms with van der Waals surface area (Å²) < 4.78 is 1.42. The smallest absolute Gasteiger partial charge is 0.189 e. The molecule has 0 aliphatic heterocycles. The summed E-state index contributed by atoms with van der Waals surface area (Å²) in [5.41, 5.74) is 2.04. The zero-order chi connectivity index (χ0) is 11.5. The van der Waals surface area contributed by atoms with Crippen molar-refractivity contribution in [3.63, 3.8) is 0 Å². The number of hydrogen-bond acceptors (Lipinski definition) is 4. The first-order valence-corrected chi connectivity index (χ1v) is 5.01. The maximum Gasteiger partial charge on any atom is 0.257 e. The van der Waals surface area contributed by atoms with Crippen LogP contribution in [0.4, 0.5) is 0 Å². The van der Waals surface area contributed by atoms with Crippen molar-refractivity contribution in [3.8, 4) is 11.8 Å². The molecule has 0 bridgehead atoms. The fourth-order valence-electron chi connectivity index (χ4n) is 1.43. The van der Waals surface area contributed by atoms with Gasteiger partial charge in [-0.15, -0.1) is 0 Å².